The number of carbonyl (C=O) groups excluding carboxylic acids is 10. The van der Waals surface area contributed by atoms with Gasteiger partial charge >= 0.3 is 18.2 Å². The Morgan fingerprint density at radius 2 is 1.06 bits per heavy atom. The summed E-state index contributed by atoms with van der Waals surface area (Å²) in [5.41, 5.74) is 7.75. The molecule has 5 aromatic carbocycles. The van der Waals surface area contributed by atoms with E-state index in [9.17, 15) is 53.2 Å². The number of nitrogens with two attached hydrogens (primary N) is 1. The molecular formula is C76H92Cl2N10O20. The number of hydrogen-bond acceptors (Lipinski definition) is 20. The molecule has 108 heavy (non-hydrogen) atoms. The monoisotopic (exact) mass is 1530 g/mol. The predicted octanol–water partition coefficient (Wildman–Crippen LogP) is 6.93. The fourth-order valence-corrected chi connectivity index (χ4v) is 15.3. The molecule has 4 aliphatic heterocycles. The molecule has 4 atom stereocenters. The van der Waals surface area contributed by atoms with Crippen molar-refractivity contribution in [2.45, 2.75) is 82.9 Å². The highest BCUT2D eigenvalue weighted by atomic mass is 35.5. The van der Waals surface area contributed by atoms with Gasteiger partial charge in [0.2, 0.25) is 29.5 Å². The highest BCUT2D eigenvalue weighted by Crippen LogP contribution is 2.75. The van der Waals surface area contributed by atoms with E-state index in [2.05, 4.69) is 21.3 Å². The van der Waals surface area contributed by atoms with E-state index in [-0.39, 0.29) is 156 Å². The summed E-state index contributed by atoms with van der Waals surface area (Å²) < 4.78 is 44.8. The van der Waals surface area contributed by atoms with Crippen molar-refractivity contribution in [2.75, 3.05) is 159 Å². The molecule has 0 radical (unpaired) electrons. The van der Waals surface area contributed by atoms with Gasteiger partial charge in [-0.2, -0.15) is 0 Å². The molecule has 580 valence electrons. The lowest BCUT2D eigenvalue weighted by molar-refractivity contribution is -0.205. The van der Waals surface area contributed by atoms with E-state index < -0.39 is 58.9 Å². The van der Waals surface area contributed by atoms with Crippen LogP contribution in [0.25, 0.3) is 21.5 Å². The number of amides is 11. The highest BCUT2D eigenvalue weighted by molar-refractivity contribution is 6.20. The number of nitrogens with zero attached hydrogens (tertiary/aromatic N) is 5. The standard InChI is InChI=1S/C76H92Cl2N10O20/c1-48(2)67(83-62(89)19-26-100-28-30-102-32-34-104-36-37-105-35-33-103-31-29-101-27-25-86-63(90)17-18-64(86)91)69(93)82-57(12-7-20-80-72(79)96)68(92)81-52-15-13-49(14-16-52)44-106-73(97)84-21-23-85(24-22-84)74(98)107-60-38-58-65(55-10-5-3-8-53(55)60)50(40-77)42-87(58)70(94)75-45-76(46-75,47-75)71(95)88-43-51(41-78)66-56-11-6-4-9-54(56)61(108-99)39-59(66)88/h3-6,8-11,13-18,38-39,48,50-51,57,67,99H,7,12,19-37,40-47H2,1-2H3,(H,81,92)(H,82,93)(H,83,89)(H3,79,80,96). The van der Waals surface area contributed by atoms with Gasteiger partial charge in [-0.3, -0.25) is 38.5 Å². The molecule has 4 fully saturated rings. The van der Waals surface area contributed by atoms with E-state index in [1.165, 1.54) is 22.0 Å². The number of rotatable bonds is 39. The zero-order valence-electron chi connectivity index (χ0n) is 60.4. The van der Waals surface area contributed by atoms with Crippen molar-refractivity contribution in [3.8, 4) is 11.5 Å². The van der Waals surface area contributed by atoms with Gasteiger partial charge in [-0.05, 0) is 77.6 Å². The summed E-state index contributed by atoms with van der Waals surface area (Å²) in [4.78, 5) is 145. The largest absolute Gasteiger partial charge is 0.445 e. The van der Waals surface area contributed by atoms with Crippen molar-refractivity contribution in [1.82, 2.24) is 30.7 Å². The van der Waals surface area contributed by atoms with Gasteiger partial charge in [0.1, 0.15) is 24.4 Å². The highest BCUT2D eigenvalue weighted by Gasteiger charge is 2.76. The maximum Gasteiger partial charge on any atom is 0.415 e. The Balaban J connectivity index is 0.583. The first-order valence-corrected chi connectivity index (χ1v) is 37.4. The molecule has 0 aromatic heterocycles. The third-order valence-electron chi connectivity index (χ3n) is 20.3. The zero-order valence-corrected chi connectivity index (χ0v) is 61.9. The van der Waals surface area contributed by atoms with Crippen LogP contribution in [0.4, 0.5) is 31.4 Å². The minimum absolute atomic E-state index is 0.0500. The van der Waals surface area contributed by atoms with E-state index in [1.54, 1.807) is 60.0 Å². The number of piperazine rings is 1. The van der Waals surface area contributed by atoms with Gasteiger partial charge < -0.3 is 89.4 Å². The van der Waals surface area contributed by atoms with E-state index in [0.717, 1.165) is 26.8 Å². The number of primary amides is 1. The van der Waals surface area contributed by atoms with Crippen LogP contribution in [-0.4, -0.2) is 235 Å². The number of hydrogen-bond donors (Lipinski definition) is 6. The van der Waals surface area contributed by atoms with Crippen LogP contribution in [-0.2, 0) is 73.3 Å². The number of benzene rings is 5. The molecule has 1 saturated heterocycles. The van der Waals surface area contributed by atoms with Crippen molar-refractivity contribution in [3.63, 3.8) is 0 Å². The molecule has 7 aliphatic rings. The molecular weight excluding hydrogens is 1440 g/mol. The number of alkyl halides is 2. The zero-order chi connectivity index (χ0) is 76.5. The lowest BCUT2D eigenvalue weighted by Crippen LogP contribution is -2.73. The predicted molar refractivity (Wildman–Crippen MR) is 397 cm³/mol. The normalized spacial score (nSPS) is 19.6. The van der Waals surface area contributed by atoms with Gasteiger partial charge in [0.25, 0.3) is 11.8 Å². The summed E-state index contributed by atoms with van der Waals surface area (Å²) in [6.45, 7) is 8.43. The van der Waals surface area contributed by atoms with Crippen LogP contribution in [0.2, 0.25) is 0 Å². The second-order valence-corrected chi connectivity index (χ2v) is 28.5. The Morgan fingerprint density at radius 1 is 0.593 bits per heavy atom. The average Bonchev–Trinajstić information content (AvgIpc) is 0.965. The summed E-state index contributed by atoms with van der Waals surface area (Å²) in [7, 11) is 0. The first-order chi connectivity index (χ1) is 52.2. The van der Waals surface area contributed by atoms with Crippen LogP contribution in [0, 0.1) is 16.7 Å². The minimum Gasteiger partial charge on any atom is -0.445 e. The van der Waals surface area contributed by atoms with Crippen LogP contribution in [0.15, 0.2) is 97.1 Å². The van der Waals surface area contributed by atoms with Crippen LogP contribution in [0.5, 0.6) is 11.5 Å². The van der Waals surface area contributed by atoms with Gasteiger partial charge in [0, 0.05) is 117 Å². The number of imide groups is 1. The fraction of sp³-hybridized carbons (Fsp3) is 0.500. The summed E-state index contributed by atoms with van der Waals surface area (Å²) in [5, 5.41) is 23.7. The maximum absolute atomic E-state index is 14.9. The SMILES string of the molecule is CC(C)C(NC(=O)CCOCCOCCOCCOCCOCCOCCN1C(=O)C=CC1=O)C(=O)NC(CCCNC(N)=O)C(=O)Nc1ccc(COC(=O)N2CCN(C(=O)Oc3cc4c(c5ccccc35)C(CCl)CN4C(=O)C34CC(C(=O)N5CC(CCl)c6c5cc(OO)c5ccccc65)(C3)C4)CC2)cc1. The lowest BCUT2D eigenvalue weighted by Gasteiger charge is -2.69. The van der Waals surface area contributed by atoms with Crippen LogP contribution >= 0.6 is 23.2 Å². The second-order valence-electron chi connectivity index (χ2n) is 27.9. The fourth-order valence-electron chi connectivity index (χ4n) is 14.8. The van der Waals surface area contributed by atoms with Gasteiger partial charge in [0.05, 0.1) is 108 Å². The van der Waals surface area contributed by atoms with Crippen molar-refractivity contribution in [3.05, 3.63) is 114 Å². The molecule has 11 amide bonds. The topological polar surface area (TPSA) is 364 Å². The number of carbonyl (C=O) groups is 10. The quantitative estimate of drug-likeness (QED) is 0.00763. The first-order valence-electron chi connectivity index (χ1n) is 36.4. The molecule has 30 nitrogen and oxygen atoms in total. The van der Waals surface area contributed by atoms with Gasteiger partial charge in [-0.15, -0.1) is 23.2 Å². The number of urea groups is 1. The molecule has 5 aromatic rings. The van der Waals surface area contributed by atoms with Crippen LogP contribution < -0.4 is 46.4 Å². The Labute approximate surface area is 634 Å². The maximum atomic E-state index is 14.9. The summed E-state index contributed by atoms with van der Waals surface area (Å²) >= 11 is 13.2. The molecule has 7 N–H and O–H groups in total. The van der Waals surface area contributed by atoms with Gasteiger partial charge in [0.15, 0.2) is 5.75 Å². The van der Waals surface area contributed by atoms with E-state index in [1.807, 2.05) is 48.5 Å². The minimum atomic E-state index is -1.10. The Hall–Kier alpha value is -9.24. The van der Waals surface area contributed by atoms with Crippen molar-refractivity contribution >= 4 is 121 Å². The number of fused-ring (bicyclic) bond motifs is 6. The number of anilines is 3. The smallest absolute Gasteiger partial charge is 0.415 e. The summed E-state index contributed by atoms with van der Waals surface area (Å²) in [6, 6.07) is 22.1. The average molecular weight is 1540 g/mol. The number of nitrogens with one attached hydrogen (secondary N) is 4. The van der Waals surface area contributed by atoms with Crippen LogP contribution in [0.1, 0.15) is 80.9 Å². The number of ether oxygens (including phenoxy) is 8. The van der Waals surface area contributed by atoms with Crippen molar-refractivity contribution in [1.29, 1.82) is 0 Å². The summed E-state index contributed by atoms with van der Waals surface area (Å²) in [6.07, 6.45) is 2.62. The molecule has 0 spiro atoms. The molecule has 4 unspecified atom stereocenters. The van der Waals surface area contributed by atoms with Crippen molar-refractivity contribution < 1.29 is 96.0 Å². The van der Waals surface area contributed by atoms with Gasteiger partial charge in [-0.1, -0.05) is 74.5 Å². The Kier molecular flexibility index (Phi) is 27.5. The van der Waals surface area contributed by atoms with E-state index >= 15 is 0 Å². The Bertz CT molecular complexity index is 4100. The molecule has 4 heterocycles. The van der Waals surface area contributed by atoms with E-state index in [4.69, 9.17) is 71.7 Å². The number of halogens is 2. The van der Waals surface area contributed by atoms with Crippen LogP contribution in [0.3, 0.4) is 0 Å². The first kappa shape index (κ1) is 79.8. The molecule has 12 rings (SSSR count). The van der Waals surface area contributed by atoms with E-state index in [0.29, 0.717) is 119 Å². The summed E-state index contributed by atoms with van der Waals surface area (Å²) in [5.74, 6) is -2.26. The molecule has 3 saturated carbocycles. The molecule has 2 bridgehead atoms. The Morgan fingerprint density at radius 3 is 1.56 bits per heavy atom. The van der Waals surface area contributed by atoms with Crippen molar-refractivity contribution in [2.24, 2.45) is 22.5 Å². The van der Waals surface area contributed by atoms with Gasteiger partial charge in [-0.25, -0.2) is 19.6 Å². The third kappa shape index (κ3) is 18.9. The lowest BCUT2D eigenvalue weighted by atomic mass is 9.34. The second kappa shape index (κ2) is 37.2. The molecule has 3 aliphatic carbocycles. The third-order valence-corrected chi connectivity index (χ3v) is 21.0. The molecule has 32 heteroatoms.